The van der Waals surface area contributed by atoms with Gasteiger partial charge in [-0.3, -0.25) is 4.79 Å². The van der Waals surface area contributed by atoms with Gasteiger partial charge in [0, 0.05) is 19.2 Å². The minimum Gasteiger partial charge on any atom is -0.366 e. The Hall–Kier alpha value is -2.56. The Morgan fingerprint density at radius 2 is 1.67 bits per heavy atom. The summed E-state index contributed by atoms with van der Waals surface area (Å²) in [5, 5.41) is 0. The fraction of sp³-hybridized carbons (Fsp3) is 0.211. The van der Waals surface area contributed by atoms with Crippen molar-refractivity contribution in [1.29, 1.82) is 0 Å². The Bertz CT molecular complexity index is 735. The smallest absolute Gasteiger partial charge is 0.366 e. The summed E-state index contributed by atoms with van der Waals surface area (Å²) in [6.45, 7) is 0.594. The quantitative estimate of drug-likeness (QED) is 0.810. The second kappa shape index (κ2) is 6.51. The number of ketones is 1. The van der Waals surface area contributed by atoms with Crippen LogP contribution >= 0.6 is 0 Å². The molecule has 1 heterocycles. The first-order chi connectivity index (χ1) is 11.4. The Balaban J connectivity index is 1.86. The molecule has 124 valence electrons. The molecule has 1 aliphatic heterocycles. The fourth-order valence-electron chi connectivity index (χ4n) is 2.82. The lowest BCUT2D eigenvalue weighted by atomic mass is 9.96. The van der Waals surface area contributed by atoms with E-state index >= 15 is 0 Å². The van der Waals surface area contributed by atoms with Crippen LogP contribution in [0, 0.1) is 0 Å². The van der Waals surface area contributed by atoms with Crippen molar-refractivity contribution in [2.45, 2.75) is 25.2 Å². The molecule has 0 aliphatic carbocycles. The highest BCUT2D eigenvalue weighted by atomic mass is 19.4. The Morgan fingerprint density at radius 3 is 2.29 bits per heavy atom. The van der Waals surface area contributed by atoms with E-state index in [9.17, 15) is 18.0 Å². The van der Waals surface area contributed by atoms with E-state index in [-0.39, 0.29) is 18.2 Å². The monoisotopic (exact) mass is 331 g/mol. The maximum absolute atomic E-state index is 12.7. The molecule has 5 heteroatoms. The highest BCUT2D eigenvalue weighted by Crippen LogP contribution is 2.33. The number of carbonyl (C=O) groups is 1. The van der Waals surface area contributed by atoms with Crippen molar-refractivity contribution in [3.05, 3.63) is 83.6 Å². The van der Waals surface area contributed by atoms with E-state index in [1.54, 1.807) is 6.20 Å². The van der Waals surface area contributed by atoms with Crippen LogP contribution in [-0.4, -0.2) is 10.7 Å². The molecule has 0 N–H and O–H groups in total. The van der Waals surface area contributed by atoms with Gasteiger partial charge < -0.3 is 4.90 Å². The molecule has 1 aliphatic rings. The summed E-state index contributed by atoms with van der Waals surface area (Å²) in [4.78, 5) is 13.8. The molecule has 3 rings (SSSR count). The van der Waals surface area contributed by atoms with Crippen LogP contribution in [0.15, 0.2) is 66.9 Å². The molecule has 0 bridgehead atoms. The minimum absolute atomic E-state index is 0.0239. The molecule has 0 spiro atoms. The summed E-state index contributed by atoms with van der Waals surface area (Å²) >= 11 is 0. The summed E-state index contributed by atoms with van der Waals surface area (Å²) in [7, 11) is 0. The second-order valence-corrected chi connectivity index (χ2v) is 5.78. The predicted molar refractivity (Wildman–Crippen MR) is 84.9 cm³/mol. The van der Waals surface area contributed by atoms with E-state index in [2.05, 4.69) is 0 Å². The lowest BCUT2D eigenvalue weighted by Gasteiger charge is -2.33. The molecule has 1 unspecified atom stereocenters. The van der Waals surface area contributed by atoms with Crippen molar-refractivity contribution in [2.75, 3.05) is 0 Å². The highest BCUT2D eigenvalue weighted by molar-refractivity contribution is 5.90. The highest BCUT2D eigenvalue weighted by Gasteiger charge is 2.31. The number of rotatable bonds is 3. The molecule has 0 aromatic heterocycles. The lowest BCUT2D eigenvalue weighted by molar-refractivity contribution is -0.137. The fourth-order valence-corrected chi connectivity index (χ4v) is 2.82. The van der Waals surface area contributed by atoms with Crippen molar-refractivity contribution in [3.63, 3.8) is 0 Å². The summed E-state index contributed by atoms with van der Waals surface area (Å²) in [6, 6.07) is 14.5. The van der Waals surface area contributed by atoms with Crippen LogP contribution in [0.3, 0.4) is 0 Å². The van der Waals surface area contributed by atoms with Gasteiger partial charge in [-0.1, -0.05) is 42.5 Å². The Labute approximate surface area is 138 Å². The van der Waals surface area contributed by atoms with E-state index in [0.717, 1.165) is 17.7 Å². The Kier molecular flexibility index (Phi) is 4.42. The van der Waals surface area contributed by atoms with Crippen LogP contribution in [-0.2, 0) is 17.5 Å². The normalized spacial score (nSPS) is 18.0. The summed E-state index contributed by atoms with van der Waals surface area (Å²) in [6.07, 6.45) is -0.857. The summed E-state index contributed by atoms with van der Waals surface area (Å²) in [5.41, 5.74) is 1.10. The van der Waals surface area contributed by atoms with Gasteiger partial charge in [-0.25, -0.2) is 0 Å². The number of halogens is 3. The molecule has 0 radical (unpaired) electrons. The van der Waals surface area contributed by atoms with E-state index < -0.39 is 11.7 Å². The zero-order chi connectivity index (χ0) is 17.2. The second-order valence-electron chi connectivity index (χ2n) is 5.78. The summed E-state index contributed by atoms with van der Waals surface area (Å²) < 4.78 is 38.1. The van der Waals surface area contributed by atoms with Gasteiger partial charge >= 0.3 is 6.18 Å². The molecular formula is C19H16F3NO. The maximum atomic E-state index is 12.7. The number of hydrogen-bond donors (Lipinski definition) is 0. The third-order valence-corrected chi connectivity index (χ3v) is 4.08. The largest absolute Gasteiger partial charge is 0.416 e. The predicted octanol–water partition coefficient (Wildman–Crippen LogP) is 4.74. The van der Waals surface area contributed by atoms with Gasteiger partial charge in [0.2, 0.25) is 0 Å². The third kappa shape index (κ3) is 3.67. The van der Waals surface area contributed by atoms with E-state index in [0.29, 0.717) is 12.1 Å². The van der Waals surface area contributed by atoms with Crippen LogP contribution in [0.25, 0.3) is 0 Å². The van der Waals surface area contributed by atoms with Crippen molar-refractivity contribution < 1.29 is 18.0 Å². The van der Waals surface area contributed by atoms with Gasteiger partial charge in [-0.15, -0.1) is 0 Å². The first kappa shape index (κ1) is 16.3. The van der Waals surface area contributed by atoms with Crippen molar-refractivity contribution in [1.82, 2.24) is 4.90 Å². The molecule has 2 aromatic carbocycles. The van der Waals surface area contributed by atoms with Gasteiger partial charge in [0.1, 0.15) is 0 Å². The SMILES string of the molecule is O=C1C=CN(Cc2ccccc2)C(c2ccc(C(F)(F)F)cc2)C1. The molecular weight excluding hydrogens is 315 g/mol. The van der Waals surface area contributed by atoms with Crippen LogP contribution in [0.2, 0.25) is 0 Å². The van der Waals surface area contributed by atoms with Crippen LogP contribution < -0.4 is 0 Å². The van der Waals surface area contributed by atoms with E-state index in [1.165, 1.54) is 18.2 Å². The first-order valence-corrected chi connectivity index (χ1v) is 7.61. The van der Waals surface area contributed by atoms with E-state index in [1.807, 2.05) is 35.2 Å². The maximum Gasteiger partial charge on any atom is 0.416 e. The number of carbonyl (C=O) groups excluding carboxylic acids is 1. The number of benzene rings is 2. The molecule has 1 atom stereocenters. The average Bonchev–Trinajstić information content (AvgIpc) is 2.57. The first-order valence-electron chi connectivity index (χ1n) is 7.61. The van der Waals surface area contributed by atoms with Gasteiger partial charge in [0.25, 0.3) is 0 Å². The Morgan fingerprint density at radius 1 is 1.00 bits per heavy atom. The van der Waals surface area contributed by atoms with Crippen molar-refractivity contribution in [3.8, 4) is 0 Å². The van der Waals surface area contributed by atoms with Crippen LogP contribution in [0.4, 0.5) is 13.2 Å². The molecule has 0 saturated carbocycles. The molecule has 24 heavy (non-hydrogen) atoms. The third-order valence-electron chi connectivity index (χ3n) is 4.08. The minimum atomic E-state index is -4.36. The van der Waals surface area contributed by atoms with Crippen molar-refractivity contribution in [2.24, 2.45) is 0 Å². The van der Waals surface area contributed by atoms with Crippen LogP contribution in [0.5, 0.6) is 0 Å². The van der Waals surface area contributed by atoms with Gasteiger partial charge in [0.05, 0.1) is 11.6 Å². The molecule has 2 nitrogen and oxygen atoms in total. The van der Waals surface area contributed by atoms with E-state index in [4.69, 9.17) is 0 Å². The molecule has 0 saturated heterocycles. The molecule has 0 amide bonds. The number of allylic oxidation sites excluding steroid dienone is 1. The van der Waals surface area contributed by atoms with Crippen LogP contribution in [0.1, 0.15) is 29.2 Å². The molecule has 0 fully saturated rings. The number of alkyl halides is 3. The standard InChI is InChI=1S/C19H16F3NO/c20-19(21,22)16-8-6-15(7-9-16)18-12-17(24)10-11-23(18)13-14-4-2-1-3-5-14/h1-11,18H,12-13H2. The average molecular weight is 331 g/mol. The van der Waals surface area contributed by atoms with Gasteiger partial charge in [-0.2, -0.15) is 13.2 Å². The zero-order valence-corrected chi connectivity index (χ0v) is 12.8. The van der Waals surface area contributed by atoms with Crippen molar-refractivity contribution >= 4 is 5.78 Å². The topological polar surface area (TPSA) is 20.3 Å². The van der Waals surface area contributed by atoms with Gasteiger partial charge in [0.15, 0.2) is 5.78 Å². The van der Waals surface area contributed by atoms with Gasteiger partial charge in [-0.05, 0) is 29.3 Å². The zero-order valence-electron chi connectivity index (χ0n) is 12.8. The molecule has 2 aromatic rings. The summed E-state index contributed by atoms with van der Waals surface area (Å²) in [5.74, 6) is -0.0239. The number of nitrogens with zero attached hydrogens (tertiary/aromatic N) is 1. The number of hydrogen-bond acceptors (Lipinski definition) is 2. The lowest BCUT2D eigenvalue weighted by Crippen LogP contribution is -2.28.